The Bertz CT molecular complexity index is 362. The van der Waals surface area contributed by atoms with E-state index in [0.717, 1.165) is 6.42 Å². The molecular weight excluding hydrogens is 282 g/mol. The highest BCUT2D eigenvalue weighted by molar-refractivity contribution is 9.09. The summed E-state index contributed by atoms with van der Waals surface area (Å²) in [6.45, 7) is 7.13. The molecule has 1 amide bonds. The average Bonchev–Trinajstić information content (AvgIpc) is 2.25. The minimum atomic E-state index is -0.135. The van der Waals surface area contributed by atoms with Crippen LogP contribution in [0.5, 0.6) is 0 Å². The number of carbonyl (C=O) groups is 1. The van der Waals surface area contributed by atoms with Gasteiger partial charge in [0, 0.05) is 23.8 Å². The van der Waals surface area contributed by atoms with Crippen LogP contribution in [0, 0.1) is 5.41 Å². The van der Waals surface area contributed by atoms with E-state index in [9.17, 15) is 4.79 Å². The smallest absolute Gasteiger partial charge is 0.254 e. The largest absolute Gasteiger partial charge is 0.351 e. The molecule has 0 aliphatic rings. The van der Waals surface area contributed by atoms with Crippen molar-refractivity contribution in [2.75, 3.05) is 6.54 Å². The van der Waals surface area contributed by atoms with Crippen molar-refractivity contribution in [1.29, 1.82) is 0 Å². The van der Waals surface area contributed by atoms with Crippen molar-refractivity contribution >= 4 is 21.8 Å². The lowest BCUT2D eigenvalue weighted by atomic mass is 9.90. The molecule has 0 bridgehead atoms. The van der Waals surface area contributed by atoms with E-state index >= 15 is 0 Å². The molecule has 0 fully saturated rings. The zero-order chi connectivity index (χ0) is 12.9. The van der Waals surface area contributed by atoms with Gasteiger partial charge in [-0.1, -0.05) is 36.7 Å². The van der Waals surface area contributed by atoms with Crippen molar-refractivity contribution in [3.05, 3.63) is 24.3 Å². The Balaban J connectivity index is 2.39. The van der Waals surface area contributed by atoms with Crippen molar-refractivity contribution in [3.8, 4) is 0 Å². The van der Waals surface area contributed by atoms with Crippen LogP contribution in [0.1, 0.15) is 37.6 Å². The molecule has 0 saturated heterocycles. The number of alkyl halides is 1. The molecule has 1 unspecified atom stereocenters. The van der Waals surface area contributed by atoms with Gasteiger partial charge in [-0.3, -0.25) is 4.79 Å². The SMILES string of the molecule is CC(C)(C)CC(Br)CNC(=O)c1cncnc1. The number of aromatic nitrogens is 2. The van der Waals surface area contributed by atoms with Gasteiger partial charge < -0.3 is 5.32 Å². The van der Waals surface area contributed by atoms with E-state index in [1.54, 1.807) is 0 Å². The third kappa shape index (κ3) is 5.77. The molecular formula is C12H18BrN3O. The molecule has 1 heterocycles. The Labute approximate surface area is 110 Å². The first-order valence-corrected chi connectivity index (χ1v) is 6.47. The normalized spacial score (nSPS) is 13.2. The van der Waals surface area contributed by atoms with Gasteiger partial charge in [0.15, 0.2) is 0 Å². The Morgan fingerprint density at radius 3 is 2.53 bits per heavy atom. The van der Waals surface area contributed by atoms with E-state index in [4.69, 9.17) is 0 Å². The lowest BCUT2D eigenvalue weighted by molar-refractivity contribution is 0.0951. The van der Waals surface area contributed by atoms with Crippen molar-refractivity contribution in [1.82, 2.24) is 15.3 Å². The molecule has 1 rings (SSSR count). The Kier molecular flexibility index (Phi) is 5.05. The number of hydrogen-bond donors (Lipinski definition) is 1. The summed E-state index contributed by atoms with van der Waals surface area (Å²) in [5, 5.41) is 2.86. The van der Waals surface area contributed by atoms with E-state index in [2.05, 4.69) is 52.0 Å². The van der Waals surface area contributed by atoms with Gasteiger partial charge in [-0.25, -0.2) is 9.97 Å². The summed E-state index contributed by atoms with van der Waals surface area (Å²) >= 11 is 3.57. The van der Waals surface area contributed by atoms with Gasteiger partial charge in [-0.2, -0.15) is 0 Å². The predicted octanol–water partition coefficient (Wildman–Crippen LogP) is 2.41. The standard InChI is InChI=1S/C12H18BrN3O/c1-12(2,3)4-10(13)7-16-11(17)9-5-14-8-15-6-9/h5-6,8,10H,4,7H2,1-3H3,(H,16,17). The number of rotatable bonds is 4. The number of nitrogens with one attached hydrogen (secondary N) is 1. The molecule has 94 valence electrons. The maximum Gasteiger partial charge on any atom is 0.254 e. The Morgan fingerprint density at radius 2 is 2.00 bits per heavy atom. The van der Waals surface area contributed by atoms with Crippen molar-refractivity contribution < 1.29 is 4.79 Å². The summed E-state index contributed by atoms with van der Waals surface area (Å²) < 4.78 is 0. The molecule has 1 atom stereocenters. The van der Waals surface area contributed by atoms with Gasteiger partial charge in [0.05, 0.1) is 5.56 Å². The van der Waals surface area contributed by atoms with E-state index < -0.39 is 0 Å². The Hall–Kier alpha value is -0.970. The van der Waals surface area contributed by atoms with Gasteiger partial charge in [0.1, 0.15) is 6.33 Å². The van der Waals surface area contributed by atoms with Crippen molar-refractivity contribution in [3.63, 3.8) is 0 Å². The van der Waals surface area contributed by atoms with E-state index in [-0.39, 0.29) is 16.1 Å². The van der Waals surface area contributed by atoms with Gasteiger partial charge in [0.25, 0.3) is 5.91 Å². The van der Waals surface area contributed by atoms with Gasteiger partial charge in [-0.05, 0) is 11.8 Å². The van der Waals surface area contributed by atoms with Crippen LogP contribution < -0.4 is 5.32 Å². The lowest BCUT2D eigenvalue weighted by Gasteiger charge is -2.22. The summed E-state index contributed by atoms with van der Waals surface area (Å²) in [6.07, 6.45) is 5.42. The monoisotopic (exact) mass is 299 g/mol. The van der Waals surface area contributed by atoms with E-state index in [0.29, 0.717) is 12.1 Å². The predicted molar refractivity (Wildman–Crippen MR) is 71.2 cm³/mol. The number of halogens is 1. The van der Waals surface area contributed by atoms with Crippen LogP contribution in [0.3, 0.4) is 0 Å². The van der Waals surface area contributed by atoms with E-state index in [1.807, 2.05) is 0 Å². The highest BCUT2D eigenvalue weighted by Gasteiger charge is 2.17. The highest BCUT2D eigenvalue weighted by Crippen LogP contribution is 2.24. The van der Waals surface area contributed by atoms with Crippen LogP contribution in [0.4, 0.5) is 0 Å². The summed E-state index contributed by atoms with van der Waals surface area (Å²) in [5.41, 5.74) is 0.734. The summed E-state index contributed by atoms with van der Waals surface area (Å²) in [4.78, 5) is 19.6. The van der Waals surface area contributed by atoms with E-state index in [1.165, 1.54) is 18.7 Å². The van der Waals surface area contributed by atoms with Crippen molar-refractivity contribution in [2.24, 2.45) is 5.41 Å². The number of hydrogen-bond acceptors (Lipinski definition) is 3. The van der Waals surface area contributed by atoms with Crippen LogP contribution in [0.2, 0.25) is 0 Å². The molecule has 0 spiro atoms. The van der Waals surface area contributed by atoms with Crippen LogP contribution in [0.25, 0.3) is 0 Å². The molecule has 0 aliphatic carbocycles. The maximum atomic E-state index is 11.7. The second-order valence-electron chi connectivity index (χ2n) is 5.20. The van der Waals surface area contributed by atoms with Crippen LogP contribution in [-0.4, -0.2) is 27.2 Å². The molecule has 4 nitrogen and oxygen atoms in total. The third-order valence-electron chi connectivity index (χ3n) is 2.14. The van der Waals surface area contributed by atoms with Crippen molar-refractivity contribution in [2.45, 2.75) is 32.0 Å². The zero-order valence-corrected chi connectivity index (χ0v) is 12.0. The summed E-state index contributed by atoms with van der Waals surface area (Å²) in [5.74, 6) is -0.135. The quantitative estimate of drug-likeness (QED) is 0.869. The molecule has 5 heteroatoms. The Morgan fingerprint density at radius 1 is 1.41 bits per heavy atom. The summed E-state index contributed by atoms with van der Waals surface area (Å²) in [7, 11) is 0. The fraction of sp³-hybridized carbons (Fsp3) is 0.583. The first kappa shape index (κ1) is 14.1. The summed E-state index contributed by atoms with van der Waals surface area (Å²) in [6, 6.07) is 0. The molecule has 1 N–H and O–H groups in total. The molecule has 0 radical (unpaired) electrons. The van der Waals surface area contributed by atoms with Gasteiger partial charge in [-0.15, -0.1) is 0 Å². The number of amides is 1. The molecule has 0 aliphatic heterocycles. The van der Waals surface area contributed by atoms with Gasteiger partial charge in [0.2, 0.25) is 0 Å². The first-order chi connectivity index (χ1) is 7.88. The average molecular weight is 300 g/mol. The van der Waals surface area contributed by atoms with Crippen LogP contribution >= 0.6 is 15.9 Å². The second-order valence-corrected chi connectivity index (χ2v) is 6.49. The number of carbonyl (C=O) groups excluding carboxylic acids is 1. The first-order valence-electron chi connectivity index (χ1n) is 5.56. The fourth-order valence-corrected chi connectivity index (χ4v) is 2.59. The zero-order valence-electron chi connectivity index (χ0n) is 10.4. The molecule has 0 aromatic carbocycles. The van der Waals surface area contributed by atoms with Crippen LogP contribution in [0.15, 0.2) is 18.7 Å². The number of nitrogens with zero attached hydrogens (tertiary/aromatic N) is 2. The maximum absolute atomic E-state index is 11.7. The third-order valence-corrected chi connectivity index (χ3v) is 2.79. The lowest BCUT2D eigenvalue weighted by Crippen LogP contribution is -2.31. The van der Waals surface area contributed by atoms with Crippen LogP contribution in [-0.2, 0) is 0 Å². The second kappa shape index (κ2) is 6.10. The molecule has 17 heavy (non-hydrogen) atoms. The van der Waals surface area contributed by atoms with Gasteiger partial charge >= 0.3 is 0 Å². The molecule has 0 saturated carbocycles. The molecule has 1 aromatic rings. The topological polar surface area (TPSA) is 54.9 Å². The molecule has 1 aromatic heterocycles. The minimum Gasteiger partial charge on any atom is -0.351 e. The fourth-order valence-electron chi connectivity index (χ4n) is 1.46. The highest BCUT2D eigenvalue weighted by atomic mass is 79.9. The minimum absolute atomic E-state index is 0.135.